The van der Waals surface area contributed by atoms with Gasteiger partial charge in [-0.3, -0.25) is 4.79 Å². The van der Waals surface area contributed by atoms with E-state index in [1.807, 2.05) is 0 Å². The number of hydrogen-bond acceptors (Lipinski definition) is 3. The number of ether oxygens (including phenoxy) is 1. The summed E-state index contributed by atoms with van der Waals surface area (Å²) in [5.74, 6) is -0.573. The molecular formula is C15H14FNO3. The van der Waals surface area contributed by atoms with Crippen molar-refractivity contribution in [3.8, 4) is 11.5 Å². The van der Waals surface area contributed by atoms with Crippen LogP contribution in [0, 0.1) is 12.7 Å². The first-order valence-corrected chi connectivity index (χ1v) is 5.96. The number of nitrogens with one attached hydrogen (secondary N) is 1. The van der Waals surface area contributed by atoms with Crippen LogP contribution in [0.25, 0.3) is 0 Å². The van der Waals surface area contributed by atoms with Crippen LogP contribution in [0.15, 0.2) is 36.4 Å². The molecular weight excluding hydrogens is 261 g/mol. The molecule has 0 aliphatic rings. The van der Waals surface area contributed by atoms with Crippen molar-refractivity contribution in [1.82, 2.24) is 0 Å². The number of anilines is 1. The predicted octanol–water partition coefficient (Wildman–Crippen LogP) is 3.10. The third-order valence-electron chi connectivity index (χ3n) is 2.96. The second kappa shape index (κ2) is 5.61. The molecule has 0 saturated carbocycles. The minimum atomic E-state index is -0.451. The number of hydrogen-bond donors (Lipinski definition) is 2. The van der Waals surface area contributed by atoms with E-state index >= 15 is 0 Å². The highest BCUT2D eigenvalue weighted by molar-refractivity contribution is 6.06. The van der Waals surface area contributed by atoms with Crippen molar-refractivity contribution in [2.24, 2.45) is 0 Å². The van der Waals surface area contributed by atoms with Gasteiger partial charge in [0.15, 0.2) is 0 Å². The number of methoxy groups -OCH3 is 1. The fourth-order valence-electron chi connectivity index (χ4n) is 1.83. The third kappa shape index (κ3) is 2.71. The van der Waals surface area contributed by atoms with Crippen LogP contribution in [0.4, 0.5) is 10.1 Å². The molecule has 4 nitrogen and oxygen atoms in total. The van der Waals surface area contributed by atoms with Gasteiger partial charge in [0.2, 0.25) is 0 Å². The van der Waals surface area contributed by atoms with Crippen molar-refractivity contribution in [1.29, 1.82) is 0 Å². The second-order valence-corrected chi connectivity index (χ2v) is 4.25. The van der Waals surface area contributed by atoms with Crippen molar-refractivity contribution in [2.75, 3.05) is 12.4 Å². The largest absolute Gasteiger partial charge is 0.508 e. The Kier molecular flexibility index (Phi) is 3.89. The van der Waals surface area contributed by atoms with Gasteiger partial charge < -0.3 is 15.2 Å². The van der Waals surface area contributed by atoms with Crippen molar-refractivity contribution < 1.29 is 19.0 Å². The van der Waals surface area contributed by atoms with Crippen molar-refractivity contribution in [3.05, 3.63) is 53.3 Å². The topological polar surface area (TPSA) is 58.6 Å². The van der Waals surface area contributed by atoms with Crippen LogP contribution in [-0.2, 0) is 0 Å². The Morgan fingerprint density at radius 1 is 1.30 bits per heavy atom. The van der Waals surface area contributed by atoms with Gasteiger partial charge in [0.25, 0.3) is 5.91 Å². The zero-order valence-corrected chi connectivity index (χ0v) is 11.1. The number of phenolic OH excluding ortho intramolecular Hbond substituents is 1. The maximum Gasteiger partial charge on any atom is 0.256 e. The SMILES string of the molecule is COc1cc(F)ccc1NC(=O)c1cccc(O)c1C. The highest BCUT2D eigenvalue weighted by Gasteiger charge is 2.14. The van der Waals surface area contributed by atoms with Gasteiger partial charge >= 0.3 is 0 Å². The molecule has 0 atom stereocenters. The number of carbonyl (C=O) groups excluding carboxylic acids is 1. The van der Waals surface area contributed by atoms with Crippen LogP contribution in [0.2, 0.25) is 0 Å². The first-order chi connectivity index (χ1) is 9.52. The van der Waals surface area contributed by atoms with Gasteiger partial charge in [0, 0.05) is 17.2 Å². The molecule has 2 aromatic rings. The van der Waals surface area contributed by atoms with Crippen LogP contribution >= 0.6 is 0 Å². The lowest BCUT2D eigenvalue weighted by Crippen LogP contribution is -2.14. The smallest absolute Gasteiger partial charge is 0.256 e. The maximum absolute atomic E-state index is 13.1. The molecule has 0 saturated heterocycles. The molecule has 0 aromatic heterocycles. The standard InChI is InChI=1S/C15H14FNO3/c1-9-11(4-3-5-13(9)18)15(19)17-12-7-6-10(16)8-14(12)20-2/h3-8,18H,1-2H3,(H,17,19). The molecule has 1 amide bonds. The molecule has 2 aromatic carbocycles. The molecule has 0 heterocycles. The second-order valence-electron chi connectivity index (χ2n) is 4.25. The summed E-state index contributed by atoms with van der Waals surface area (Å²) in [6.45, 7) is 1.64. The normalized spacial score (nSPS) is 10.2. The molecule has 20 heavy (non-hydrogen) atoms. The van der Waals surface area contributed by atoms with Crippen LogP contribution < -0.4 is 10.1 Å². The van der Waals surface area contributed by atoms with Crippen molar-refractivity contribution in [2.45, 2.75) is 6.92 Å². The first kappa shape index (κ1) is 13.9. The molecule has 0 fully saturated rings. The Hall–Kier alpha value is -2.56. The number of amides is 1. The van der Waals surface area contributed by atoms with E-state index in [1.54, 1.807) is 19.1 Å². The molecule has 0 aliphatic carbocycles. The number of phenols is 1. The molecule has 0 spiro atoms. The molecule has 2 N–H and O–H groups in total. The lowest BCUT2D eigenvalue weighted by atomic mass is 10.1. The summed E-state index contributed by atoms with van der Waals surface area (Å²) in [4.78, 5) is 12.2. The van der Waals surface area contributed by atoms with E-state index in [4.69, 9.17) is 4.74 Å². The molecule has 2 rings (SSSR count). The van der Waals surface area contributed by atoms with Gasteiger partial charge in [-0.1, -0.05) is 6.07 Å². The molecule has 0 bridgehead atoms. The molecule has 0 radical (unpaired) electrons. The van der Waals surface area contributed by atoms with E-state index in [2.05, 4.69) is 5.32 Å². The van der Waals surface area contributed by atoms with Crippen LogP contribution in [0.3, 0.4) is 0 Å². The van der Waals surface area contributed by atoms with Gasteiger partial charge in [0.1, 0.15) is 17.3 Å². The van der Waals surface area contributed by atoms with Crippen LogP contribution in [0.5, 0.6) is 11.5 Å². The summed E-state index contributed by atoms with van der Waals surface area (Å²) in [5.41, 5.74) is 1.18. The third-order valence-corrected chi connectivity index (χ3v) is 2.96. The number of carbonyl (C=O) groups is 1. The van der Waals surface area contributed by atoms with E-state index in [0.717, 1.165) is 0 Å². The summed E-state index contributed by atoms with van der Waals surface area (Å²) in [6.07, 6.45) is 0. The Morgan fingerprint density at radius 2 is 2.05 bits per heavy atom. The summed E-state index contributed by atoms with van der Waals surface area (Å²) < 4.78 is 18.1. The van der Waals surface area contributed by atoms with E-state index < -0.39 is 11.7 Å². The zero-order valence-electron chi connectivity index (χ0n) is 11.1. The average molecular weight is 275 g/mol. The van der Waals surface area contributed by atoms with E-state index in [1.165, 1.54) is 31.4 Å². The Labute approximate surface area is 115 Å². The maximum atomic E-state index is 13.1. The average Bonchev–Trinajstić information content (AvgIpc) is 2.43. The zero-order chi connectivity index (χ0) is 14.7. The number of halogens is 1. The minimum Gasteiger partial charge on any atom is -0.508 e. The monoisotopic (exact) mass is 275 g/mol. The van der Waals surface area contributed by atoms with Gasteiger partial charge in [-0.2, -0.15) is 0 Å². The highest BCUT2D eigenvalue weighted by atomic mass is 19.1. The van der Waals surface area contributed by atoms with Crippen LogP contribution in [-0.4, -0.2) is 18.1 Å². The number of aromatic hydroxyl groups is 1. The first-order valence-electron chi connectivity index (χ1n) is 5.96. The Bertz CT molecular complexity index is 656. The number of rotatable bonds is 3. The molecule has 0 unspecified atom stereocenters. The van der Waals surface area contributed by atoms with E-state index in [9.17, 15) is 14.3 Å². The quantitative estimate of drug-likeness (QED) is 0.905. The van der Waals surface area contributed by atoms with Crippen molar-refractivity contribution in [3.63, 3.8) is 0 Å². The molecule has 5 heteroatoms. The van der Waals surface area contributed by atoms with Crippen molar-refractivity contribution >= 4 is 11.6 Å². The van der Waals surface area contributed by atoms with Gasteiger partial charge in [-0.05, 0) is 31.2 Å². The van der Waals surface area contributed by atoms with E-state index in [-0.39, 0.29) is 11.5 Å². The summed E-state index contributed by atoms with van der Waals surface area (Å²) in [6, 6.07) is 8.52. The Balaban J connectivity index is 2.30. The Morgan fingerprint density at radius 3 is 2.75 bits per heavy atom. The fraction of sp³-hybridized carbons (Fsp3) is 0.133. The fourth-order valence-corrected chi connectivity index (χ4v) is 1.83. The molecule has 104 valence electrons. The summed E-state index contributed by atoms with van der Waals surface area (Å²) in [5, 5.41) is 12.2. The van der Waals surface area contributed by atoms with Gasteiger partial charge in [0.05, 0.1) is 12.8 Å². The van der Waals surface area contributed by atoms with Gasteiger partial charge in [-0.25, -0.2) is 4.39 Å². The minimum absolute atomic E-state index is 0.0451. The predicted molar refractivity (Wildman–Crippen MR) is 73.7 cm³/mol. The van der Waals surface area contributed by atoms with Gasteiger partial charge in [-0.15, -0.1) is 0 Å². The van der Waals surface area contributed by atoms with Crippen LogP contribution in [0.1, 0.15) is 15.9 Å². The summed E-state index contributed by atoms with van der Waals surface area (Å²) >= 11 is 0. The molecule has 0 aliphatic heterocycles. The lowest BCUT2D eigenvalue weighted by molar-refractivity contribution is 0.102. The summed E-state index contributed by atoms with van der Waals surface area (Å²) in [7, 11) is 1.39. The highest BCUT2D eigenvalue weighted by Crippen LogP contribution is 2.26. The van der Waals surface area contributed by atoms with E-state index in [0.29, 0.717) is 16.8 Å². The number of benzene rings is 2. The lowest BCUT2D eigenvalue weighted by Gasteiger charge is -2.11.